The van der Waals surface area contributed by atoms with Crippen LogP contribution in [0.1, 0.15) is 32.6 Å². The number of aliphatic hydroxyl groups is 1. The van der Waals surface area contributed by atoms with Gasteiger partial charge >= 0.3 is 5.97 Å². The summed E-state index contributed by atoms with van der Waals surface area (Å²) in [5, 5.41) is 9.60. The van der Waals surface area contributed by atoms with Crippen molar-refractivity contribution in [2.24, 2.45) is 35.5 Å². The molecule has 6 atom stereocenters. The minimum atomic E-state index is -0.245. The number of aliphatic hydroxyl groups excluding tert-OH is 1. The number of hydrogen-bond donors (Lipinski definition) is 1. The Kier molecular flexibility index (Phi) is 3.66. The number of esters is 1. The number of allylic oxidation sites excluding steroid dienone is 1. The molecule has 106 valence electrons. The highest BCUT2D eigenvalue weighted by molar-refractivity contribution is 5.81. The van der Waals surface area contributed by atoms with E-state index in [-0.39, 0.29) is 12.6 Å². The molecule has 0 aromatic heterocycles. The van der Waals surface area contributed by atoms with E-state index in [0.29, 0.717) is 24.4 Å². The SMILES string of the molecule is CC=CC(=O)OCC1C(CO)CC2C3CCC(C3)C12. The van der Waals surface area contributed by atoms with E-state index in [4.69, 9.17) is 4.74 Å². The molecule has 2 bridgehead atoms. The molecule has 3 fully saturated rings. The Bertz CT molecular complexity index is 376. The van der Waals surface area contributed by atoms with Crippen molar-refractivity contribution in [2.45, 2.75) is 32.6 Å². The van der Waals surface area contributed by atoms with Crippen LogP contribution in [-0.2, 0) is 9.53 Å². The molecule has 3 saturated carbocycles. The Hall–Kier alpha value is -0.830. The Morgan fingerprint density at radius 3 is 2.84 bits per heavy atom. The Morgan fingerprint density at radius 1 is 1.32 bits per heavy atom. The zero-order chi connectivity index (χ0) is 13.4. The van der Waals surface area contributed by atoms with Gasteiger partial charge < -0.3 is 9.84 Å². The standard InChI is InChI=1S/C16H24O3/c1-2-3-15(18)19-9-14-12(8-17)7-13-10-4-5-11(6-10)16(13)14/h2-3,10-14,16-17H,4-9H2,1H3. The number of carbonyl (C=O) groups excluding carboxylic acids is 1. The molecule has 0 radical (unpaired) electrons. The molecule has 3 aliphatic carbocycles. The molecular formula is C16H24O3. The summed E-state index contributed by atoms with van der Waals surface area (Å²) in [5.41, 5.74) is 0. The van der Waals surface area contributed by atoms with E-state index in [1.54, 1.807) is 6.08 Å². The average molecular weight is 264 g/mol. The molecule has 3 heteroatoms. The second kappa shape index (κ2) is 5.28. The third-order valence-electron chi connectivity index (χ3n) is 5.79. The molecule has 6 unspecified atom stereocenters. The van der Waals surface area contributed by atoms with Crippen LogP contribution < -0.4 is 0 Å². The Morgan fingerprint density at radius 2 is 2.11 bits per heavy atom. The van der Waals surface area contributed by atoms with Crippen LogP contribution >= 0.6 is 0 Å². The molecule has 0 aliphatic heterocycles. The van der Waals surface area contributed by atoms with Gasteiger partial charge in [0, 0.05) is 18.6 Å². The second-order valence-corrected chi connectivity index (χ2v) is 6.55. The lowest BCUT2D eigenvalue weighted by Gasteiger charge is -2.29. The predicted octanol–water partition coefficient (Wildman–Crippen LogP) is 2.40. The van der Waals surface area contributed by atoms with E-state index in [0.717, 1.165) is 24.2 Å². The van der Waals surface area contributed by atoms with Gasteiger partial charge in [0.2, 0.25) is 0 Å². The van der Waals surface area contributed by atoms with Crippen molar-refractivity contribution in [2.75, 3.05) is 13.2 Å². The van der Waals surface area contributed by atoms with Crippen LogP contribution in [0, 0.1) is 35.5 Å². The monoisotopic (exact) mass is 264 g/mol. The van der Waals surface area contributed by atoms with Gasteiger partial charge in [-0.2, -0.15) is 0 Å². The van der Waals surface area contributed by atoms with E-state index in [1.165, 1.54) is 25.3 Å². The minimum Gasteiger partial charge on any atom is -0.462 e. The third-order valence-corrected chi connectivity index (χ3v) is 5.79. The molecular weight excluding hydrogens is 240 g/mol. The molecule has 3 rings (SSSR count). The maximum Gasteiger partial charge on any atom is 0.330 e. The summed E-state index contributed by atoms with van der Waals surface area (Å²) < 4.78 is 5.38. The van der Waals surface area contributed by atoms with Crippen molar-refractivity contribution in [1.29, 1.82) is 0 Å². The number of ether oxygens (including phenoxy) is 1. The molecule has 0 aromatic carbocycles. The molecule has 0 aromatic rings. The molecule has 0 saturated heterocycles. The van der Waals surface area contributed by atoms with Gasteiger partial charge in [-0.05, 0) is 62.2 Å². The number of fused-ring (bicyclic) bond motifs is 5. The fourth-order valence-corrected chi connectivity index (χ4v) is 5.13. The van der Waals surface area contributed by atoms with Gasteiger partial charge in [-0.25, -0.2) is 4.79 Å². The first kappa shape index (κ1) is 13.2. The van der Waals surface area contributed by atoms with E-state index in [9.17, 15) is 9.90 Å². The number of carbonyl (C=O) groups is 1. The average Bonchev–Trinajstić information content (AvgIpc) is 3.07. The van der Waals surface area contributed by atoms with Crippen LogP contribution in [0.5, 0.6) is 0 Å². The van der Waals surface area contributed by atoms with Crippen LogP contribution in [0.2, 0.25) is 0 Å². The zero-order valence-corrected chi connectivity index (χ0v) is 11.6. The summed E-state index contributed by atoms with van der Waals surface area (Å²) in [6.07, 6.45) is 8.45. The molecule has 3 aliphatic rings. The normalized spacial score (nSPS) is 43.9. The maximum absolute atomic E-state index is 11.5. The van der Waals surface area contributed by atoms with Gasteiger partial charge in [0.1, 0.15) is 0 Å². The summed E-state index contributed by atoms with van der Waals surface area (Å²) in [6.45, 7) is 2.57. The van der Waals surface area contributed by atoms with Crippen molar-refractivity contribution < 1.29 is 14.6 Å². The zero-order valence-electron chi connectivity index (χ0n) is 11.6. The maximum atomic E-state index is 11.5. The molecule has 1 N–H and O–H groups in total. The Balaban J connectivity index is 1.66. The van der Waals surface area contributed by atoms with E-state index in [2.05, 4.69) is 0 Å². The summed E-state index contributed by atoms with van der Waals surface area (Å²) in [4.78, 5) is 11.5. The summed E-state index contributed by atoms with van der Waals surface area (Å²) in [6, 6.07) is 0. The van der Waals surface area contributed by atoms with Gasteiger partial charge in [-0.3, -0.25) is 0 Å². The van der Waals surface area contributed by atoms with Crippen molar-refractivity contribution in [3.05, 3.63) is 12.2 Å². The minimum absolute atomic E-state index is 0.245. The van der Waals surface area contributed by atoms with Gasteiger partial charge in [-0.1, -0.05) is 6.08 Å². The molecule has 0 spiro atoms. The first-order valence-electron chi connectivity index (χ1n) is 7.65. The van der Waals surface area contributed by atoms with Gasteiger partial charge in [0.25, 0.3) is 0 Å². The summed E-state index contributed by atoms with van der Waals surface area (Å²) in [5.74, 6) is 3.70. The van der Waals surface area contributed by atoms with E-state index >= 15 is 0 Å². The lowest BCUT2D eigenvalue weighted by Crippen LogP contribution is -2.29. The topological polar surface area (TPSA) is 46.5 Å². The van der Waals surface area contributed by atoms with Crippen LogP contribution in [0.25, 0.3) is 0 Å². The van der Waals surface area contributed by atoms with Crippen molar-refractivity contribution in [1.82, 2.24) is 0 Å². The highest BCUT2D eigenvalue weighted by Crippen LogP contribution is 2.62. The van der Waals surface area contributed by atoms with Gasteiger partial charge in [0.05, 0.1) is 6.61 Å². The highest BCUT2D eigenvalue weighted by atomic mass is 16.5. The van der Waals surface area contributed by atoms with Crippen molar-refractivity contribution >= 4 is 5.97 Å². The number of hydrogen-bond acceptors (Lipinski definition) is 3. The van der Waals surface area contributed by atoms with Crippen LogP contribution in [-0.4, -0.2) is 24.3 Å². The largest absolute Gasteiger partial charge is 0.462 e. The van der Waals surface area contributed by atoms with Crippen molar-refractivity contribution in [3.8, 4) is 0 Å². The summed E-state index contributed by atoms with van der Waals surface area (Å²) >= 11 is 0. The van der Waals surface area contributed by atoms with E-state index < -0.39 is 0 Å². The van der Waals surface area contributed by atoms with Crippen LogP contribution in [0.15, 0.2) is 12.2 Å². The summed E-state index contributed by atoms with van der Waals surface area (Å²) in [7, 11) is 0. The lowest BCUT2D eigenvalue weighted by molar-refractivity contribution is -0.140. The molecule has 3 nitrogen and oxygen atoms in total. The highest BCUT2D eigenvalue weighted by Gasteiger charge is 2.56. The van der Waals surface area contributed by atoms with Crippen LogP contribution in [0.4, 0.5) is 0 Å². The fraction of sp³-hybridized carbons (Fsp3) is 0.812. The fourth-order valence-electron chi connectivity index (χ4n) is 5.13. The van der Waals surface area contributed by atoms with Crippen LogP contribution in [0.3, 0.4) is 0 Å². The number of rotatable bonds is 4. The smallest absolute Gasteiger partial charge is 0.330 e. The van der Waals surface area contributed by atoms with Gasteiger partial charge in [-0.15, -0.1) is 0 Å². The lowest BCUT2D eigenvalue weighted by atomic mass is 9.77. The molecule has 0 heterocycles. The first-order chi connectivity index (χ1) is 9.24. The molecule has 19 heavy (non-hydrogen) atoms. The first-order valence-corrected chi connectivity index (χ1v) is 7.65. The quantitative estimate of drug-likeness (QED) is 0.626. The van der Waals surface area contributed by atoms with Gasteiger partial charge in [0.15, 0.2) is 0 Å². The second-order valence-electron chi connectivity index (χ2n) is 6.55. The Labute approximate surface area is 115 Å². The van der Waals surface area contributed by atoms with Crippen molar-refractivity contribution in [3.63, 3.8) is 0 Å². The predicted molar refractivity (Wildman–Crippen MR) is 72.3 cm³/mol. The van der Waals surface area contributed by atoms with E-state index in [1.807, 2.05) is 6.92 Å². The third kappa shape index (κ3) is 2.22. The molecule has 0 amide bonds.